The van der Waals surface area contributed by atoms with E-state index in [1.807, 2.05) is 60.7 Å². The third kappa shape index (κ3) is 7.46. The van der Waals surface area contributed by atoms with E-state index < -0.39 is 6.04 Å². The number of hydrogen-bond donors (Lipinski definition) is 2. The zero-order chi connectivity index (χ0) is 29.5. The lowest BCUT2D eigenvalue weighted by Gasteiger charge is -2.27. The summed E-state index contributed by atoms with van der Waals surface area (Å²) in [5, 5.41) is 5.94. The Morgan fingerprint density at radius 3 is 1.64 bits per heavy atom. The first-order chi connectivity index (χ1) is 20.4. The Morgan fingerprint density at radius 2 is 1.14 bits per heavy atom. The quantitative estimate of drug-likeness (QED) is 0.398. The number of nitrogens with zero attached hydrogens (tertiary/aromatic N) is 2. The molecule has 3 aliphatic rings. The number of carbonyl (C=O) groups is 4. The number of nitrogens with one attached hydrogen (secondary N) is 2. The van der Waals surface area contributed by atoms with E-state index in [0.717, 1.165) is 42.5 Å². The van der Waals surface area contributed by atoms with Crippen molar-refractivity contribution >= 4 is 47.2 Å². The average molecular weight is 571 g/mol. The molecule has 2 aromatic rings. The van der Waals surface area contributed by atoms with Gasteiger partial charge in [-0.3, -0.25) is 19.2 Å². The average Bonchev–Trinajstić information content (AvgIpc) is 3.69. The minimum atomic E-state index is -0.402. The van der Waals surface area contributed by atoms with E-state index in [1.165, 1.54) is 26.2 Å². The second kappa shape index (κ2) is 13.8. The summed E-state index contributed by atoms with van der Waals surface area (Å²) >= 11 is 0. The van der Waals surface area contributed by atoms with Gasteiger partial charge in [-0.25, -0.2) is 0 Å². The van der Waals surface area contributed by atoms with Crippen molar-refractivity contribution in [1.29, 1.82) is 0 Å². The van der Waals surface area contributed by atoms with Crippen LogP contribution < -0.4 is 10.6 Å². The first kappa shape index (κ1) is 29.5. The van der Waals surface area contributed by atoms with Crippen LogP contribution >= 0.6 is 0 Å². The van der Waals surface area contributed by atoms with E-state index >= 15 is 0 Å². The third-order valence-corrected chi connectivity index (χ3v) is 8.85. The molecule has 2 N–H and O–H groups in total. The molecular formula is C34H42N4O4. The summed E-state index contributed by atoms with van der Waals surface area (Å²) in [5.41, 5.74) is 3.38. The van der Waals surface area contributed by atoms with Crippen LogP contribution in [0.5, 0.6) is 0 Å². The molecule has 222 valence electrons. The molecule has 8 nitrogen and oxygen atoms in total. The molecule has 2 heterocycles. The van der Waals surface area contributed by atoms with Gasteiger partial charge in [-0.15, -0.1) is 0 Å². The maximum Gasteiger partial charge on any atom is 0.247 e. The first-order valence-corrected chi connectivity index (χ1v) is 15.4. The van der Waals surface area contributed by atoms with Gasteiger partial charge in [0.2, 0.25) is 23.6 Å². The highest BCUT2D eigenvalue weighted by Gasteiger charge is 2.35. The standard InChI is InChI=1S/C34H42N4O4/c1-24(39)37-21-5-9-30(37)33(41)35-28-17-13-25(14-18-28)11-12-26-15-19-29(20-16-26)36-34(42)31-10-6-22-38(31)32(40)23-27-7-3-2-4-8-27/h11-20,27,30-31H,2-10,21-23H2,1H3,(H,35,41)(H,36,42)/b12-11+/t30-,31-/m0/s1. The van der Waals surface area contributed by atoms with Crippen molar-refractivity contribution in [1.82, 2.24) is 9.80 Å². The number of amides is 4. The van der Waals surface area contributed by atoms with Gasteiger partial charge >= 0.3 is 0 Å². The van der Waals surface area contributed by atoms with Crippen LogP contribution in [0, 0.1) is 5.92 Å². The molecule has 4 amide bonds. The Morgan fingerprint density at radius 1 is 0.667 bits per heavy atom. The fraction of sp³-hybridized carbons (Fsp3) is 0.471. The highest BCUT2D eigenvalue weighted by atomic mass is 16.2. The number of benzene rings is 2. The van der Waals surface area contributed by atoms with Gasteiger partial charge in [0.25, 0.3) is 0 Å². The molecule has 42 heavy (non-hydrogen) atoms. The monoisotopic (exact) mass is 570 g/mol. The van der Waals surface area contributed by atoms with Crippen LogP contribution in [0.1, 0.15) is 82.3 Å². The zero-order valence-corrected chi connectivity index (χ0v) is 24.5. The number of anilines is 2. The molecule has 1 aliphatic carbocycles. The van der Waals surface area contributed by atoms with E-state index in [4.69, 9.17) is 0 Å². The molecular weight excluding hydrogens is 528 g/mol. The topological polar surface area (TPSA) is 98.8 Å². The summed E-state index contributed by atoms with van der Waals surface area (Å²) in [6, 6.07) is 14.4. The Balaban J connectivity index is 1.11. The fourth-order valence-corrected chi connectivity index (χ4v) is 6.51. The molecule has 2 saturated heterocycles. The predicted molar refractivity (Wildman–Crippen MR) is 165 cm³/mol. The minimum Gasteiger partial charge on any atom is -0.331 e. The second-order valence-corrected chi connectivity index (χ2v) is 11.9. The van der Waals surface area contributed by atoms with Gasteiger partial charge in [0.05, 0.1) is 0 Å². The van der Waals surface area contributed by atoms with Crippen LogP contribution in [0.2, 0.25) is 0 Å². The molecule has 0 spiro atoms. The third-order valence-electron chi connectivity index (χ3n) is 8.85. The number of rotatable bonds is 8. The SMILES string of the molecule is CC(=O)N1CCC[C@H]1C(=O)Nc1ccc(/C=C/c2ccc(NC(=O)[C@@H]3CCCN3C(=O)CC3CCCCC3)cc2)cc1. The minimum absolute atomic E-state index is 0.0689. The maximum absolute atomic E-state index is 13.1. The van der Waals surface area contributed by atoms with Crippen LogP contribution in [-0.2, 0) is 19.2 Å². The number of likely N-dealkylation sites (tertiary alicyclic amines) is 2. The van der Waals surface area contributed by atoms with E-state index in [9.17, 15) is 19.2 Å². The highest BCUT2D eigenvalue weighted by molar-refractivity contribution is 5.98. The summed E-state index contributed by atoms with van der Waals surface area (Å²) in [4.78, 5) is 53.9. The highest BCUT2D eigenvalue weighted by Crippen LogP contribution is 2.29. The van der Waals surface area contributed by atoms with Crippen LogP contribution in [0.15, 0.2) is 48.5 Å². The Bertz CT molecular complexity index is 1300. The van der Waals surface area contributed by atoms with E-state index in [0.29, 0.717) is 44.0 Å². The molecule has 8 heteroatoms. The van der Waals surface area contributed by atoms with Crippen LogP contribution in [0.4, 0.5) is 11.4 Å². The second-order valence-electron chi connectivity index (χ2n) is 11.9. The van der Waals surface area contributed by atoms with Crippen molar-refractivity contribution in [2.45, 2.75) is 83.2 Å². The van der Waals surface area contributed by atoms with Crippen molar-refractivity contribution in [3.63, 3.8) is 0 Å². The molecule has 1 saturated carbocycles. The van der Waals surface area contributed by atoms with Crippen LogP contribution in [0.3, 0.4) is 0 Å². The Kier molecular flexibility index (Phi) is 9.72. The molecule has 2 aliphatic heterocycles. The molecule has 2 aromatic carbocycles. The van der Waals surface area contributed by atoms with Gasteiger partial charge in [0, 0.05) is 37.8 Å². The van der Waals surface area contributed by atoms with Gasteiger partial charge < -0.3 is 20.4 Å². The smallest absolute Gasteiger partial charge is 0.247 e. The largest absolute Gasteiger partial charge is 0.331 e. The maximum atomic E-state index is 13.1. The van der Waals surface area contributed by atoms with Gasteiger partial charge in [0.1, 0.15) is 12.1 Å². The lowest BCUT2D eigenvalue weighted by atomic mass is 9.86. The molecule has 0 bridgehead atoms. The molecule has 2 atom stereocenters. The zero-order valence-electron chi connectivity index (χ0n) is 24.5. The van der Waals surface area contributed by atoms with Crippen molar-refractivity contribution in [3.05, 3.63) is 59.7 Å². The van der Waals surface area contributed by atoms with Crippen molar-refractivity contribution in [2.24, 2.45) is 5.92 Å². The number of carbonyl (C=O) groups excluding carboxylic acids is 4. The van der Waals surface area contributed by atoms with Gasteiger partial charge in [-0.1, -0.05) is 55.7 Å². The molecule has 3 fully saturated rings. The predicted octanol–water partition coefficient (Wildman–Crippen LogP) is 5.71. The summed E-state index contributed by atoms with van der Waals surface area (Å²) in [6.45, 7) is 2.80. The van der Waals surface area contributed by atoms with E-state index in [-0.39, 0.29) is 29.7 Å². The Labute approximate surface area is 248 Å². The van der Waals surface area contributed by atoms with Crippen molar-refractivity contribution < 1.29 is 19.2 Å². The molecule has 0 radical (unpaired) electrons. The normalized spacial score (nSPS) is 21.1. The number of hydrogen-bond acceptors (Lipinski definition) is 4. The molecule has 0 unspecified atom stereocenters. The fourth-order valence-electron chi connectivity index (χ4n) is 6.51. The molecule has 5 rings (SSSR count). The van der Waals surface area contributed by atoms with Crippen LogP contribution in [0.25, 0.3) is 12.2 Å². The summed E-state index contributed by atoms with van der Waals surface area (Å²) in [7, 11) is 0. The summed E-state index contributed by atoms with van der Waals surface area (Å²) in [6.07, 6.45) is 13.6. The van der Waals surface area contributed by atoms with E-state index in [2.05, 4.69) is 10.6 Å². The summed E-state index contributed by atoms with van der Waals surface area (Å²) in [5.74, 6) is 0.271. The van der Waals surface area contributed by atoms with Crippen molar-refractivity contribution in [3.8, 4) is 0 Å². The van der Waals surface area contributed by atoms with Gasteiger partial charge in [-0.05, 0) is 79.8 Å². The lowest BCUT2D eigenvalue weighted by Crippen LogP contribution is -2.43. The lowest BCUT2D eigenvalue weighted by molar-refractivity contribution is -0.137. The van der Waals surface area contributed by atoms with Gasteiger partial charge in [0.15, 0.2) is 0 Å². The van der Waals surface area contributed by atoms with Gasteiger partial charge in [-0.2, -0.15) is 0 Å². The summed E-state index contributed by atoms with van der Waals surface area (Å²) < 4.78 is 0. The molecule has 0 aromatic heterocycles. The Hall–Kier alpha value is -3.94. The first-order valence-electron chi connectivity index (χ1n) is 15.4. The van der Waals surface area contributed by atoms with Crippen LogP contribution in [-0.4, -0.2) is 58.6 Å². The van der Waals surface area contributed by atoms with E-state index in [1.54, 1.807) is 9.80 Å². The van der Waals surface area contributed by atoms with Crippen molar-refractivity contribution in [2.75, 3.05) is 23.7 Å².